The van der Waals surface area contributed by atoms with Gasteiger partial charge in [0.1, 0.15) is 17.7 Å². The standard InChI is InChI=1S/C28H47N3O4/c1-9-12-13-18-29-25(32)24(22-16-14-21(10-2)15-17-22)31(11-3)26(33)23(19-20(4)5)30-27(34)35-28(6,7)8/h14-17,20,23-24H,9-13,18-19H2,1-8H3,(H,29,32)(H,30,34). The fourth-order valence-electron chi connectivity index (χ4n) is 3.90. The summed E-state index contributed by atoms with van der Waals surface area (Å²) in [5.41, 5.74) is 1.24. The van der Waals surface area contributed by atoms with E-state index in [-0.39, 0.29) is 17.7 Å². The lowest BCUT2D eigenvalue weighted by molar-refractivity contribution is -0.142. The molecule has 0 heterocycles. The van der Waals surface area contributed by atoms with Crippen molar-refractivity contribution in [1.29, 1.82) is 0 Å². The summed E-state index contributed by atoms with van der Waals surface area (Å²) < 4.78 is 5.41. The SMILES string of the molecule is CCCCCNC(=O)C(c1ccc(CC)cc1)N(CC)C(=O)C(CC(C)C)NC(=O)OC(C)(C)C. The van der Waals surface area contributed by atoms with Crippen molar-refractivity contribution in [3.8, 4) is 0 Å². The van der Waals surface area contributed by atoms with Gasteiger partial charge >= 0.3 is 6.09 Å². The number of hydrogen-bond donors (Lipinski definition) is 2. The first kappa shape index (κ1) is 30.5. The molecule has 7 heteroatoms. The van der Waals surface area contributed by atoms with Gasteiger partial charge in [-0.2, -0.15) is 0 Å². The van der Waals surface area contributed by atoms with E-state index in [2.05, 4.69) is 24.5 Å². The fourth-order valence-corrected chi connectivity index (χ4v) is 3.90. The number of carbonyl (C=O) groups excluding carboxylic acids is 3. The van der Waals surface area contributed by atoms with E-state index < -0.39 is 23.8 Å². The van der Waals surface area contributed by atoms with E-state index in [0.29, 0.717) is 19.5 Å². The zero-order chi connectivity index (χ0) is 26.6. The molecule has 0 bridgehead atoms. The number of nitrogens with one attached hydrogen (secondary N) is 2. The Morgan fingerprint density at radius 2 is 1.63 bits per heavy atom. The van der Waals surface area contributed by atoms with Crippen LogP contribution in [0.4, 0.5) is 4.79 Å². The molecule has 0 saturated heterocycles. The Kier molecular flexibility index (Phi) is 12.8. The number of likely N-dealkylation sites (N-methyl/N-ethyl adjacent to an activating group) is 1. The van der Waals surface area contributed by atoms with E-state index >= 15 is 0 Å². The summed E-state index contributed by atoms with van der Waals surface area (Å²) in [6, 6.07) is 6.25. The van der Waals surface area contributed by atoms with Crippen LogP contribution < -0.4 is 10.6 Å². The van der Waals surface area contributed by atoms with Crippen molar-refractivity contribution in [1.82, 2.24) is 15.5 Å². The van der Waals surface area contributed by atoms with Crippen LogP contribution in [-0.4, -0.2) is 47.5 Å². The van der Waals surface area contributed by atoms with Crippen molar-refractivity contribution < 1.29 is 19.1 Å². The fraction of sp³-hybridized carbons (Fsp3) is 0.679. The number of nitrogens with zero attached hydrogens (tertiary/aromatic N) is 1. The van der Waals surface area contributed by atoms with Crippen LogP contribution in [0.15, 0.2) is 24.3 Å². The zero-order valence-corrected chi connectivity index (χ0v) is 23.1. The third-order valence-electron chi connectivity index (χ3n) is 5.66. The van der Waals surface area contributed by atoms with Gasteiger partial charge in [0.05, 0.1) is 0 Å². The maximum Gasteiger partial charge on any atom is 0.408 e. The molecule has 0 fully saturated rings. The molecular formula is C28H47N3O4. The predicted molar refractivity (Wildman–Crippen MR) is 141 cm³/mol. The Labute approximate surface area is 212 Å². The molecule has 35 heavy (non-hydrogen) atoms. The van der Waals surface area contributed by atoms with Crippen LogP contribution in [0.2, 0.25) is 0 Å². The predicted octanol–water partition coefficient (Wildman–Crippen LogP) is 5.38. The van der Waals surface area contributed by atoms with Gasteiger partial charge < -0.3 is 20.3 Å². The summed E-state index contributed by atoms with van der Waals surface area (Å²) in [4.78, 5) is 41.3. The van der Waals surface area contributed by atoms with Crippen molar-refractivity contribution in [2.45, 2.75) is 105 Å². The monoisotopic (exact) mass is 489 g/mol. The van der Waals surface area contributed by atoms with Gasteiger partial charge in [0.25, 0.3) is 0 Å². The van der Waals surface area contributed by atoms with Crippen LogP contribution in [-0.2, 0) is 20.7 Å². The van der Waals surface area contributed by atoms with Gasteiger partial charge in [-0.3, -0.25) is 9.59 Å². The lowest BCUT2D eigenvalue weighted by Gasteiger charge is -2.34. The van der Waals surface area contributed by atoms with Gasteiger partial charge in [0.2, 0.25) is 11.8 Å². The number of amides is 3. The molecule has 2 atom stereocenters. The molecule has 0 aromatic heterocycles. The minimum Gasteiger partial charge on any atom is -0.444 e. The highest BCUT2D eigenvalue weighted by Crippen LogP contribution is 2.24. The number of benzene rings is 1. The number of carbonyl (C=O) groups is 3. The third-order valence-corrected chi connectivity index (χ3v) is 5.66. The van der Waals surface area contributed by atoms with Gasteiger partial charge in [-0.25, -0.2) is 4.79 Å². The smallest absolute Gasteiger partial charge is 0.408 e. The van der Waals surface area contributed by atoms with Crippen molar-refractivity contribution >= 4 is 17.9 Å². The normalized spacial score (nSPS) is 13.2. The van der Waals surface area contributed by atoms with Crippen molar-refractivity contribution in [2.24, 2.45) is 5.92 Å². The highest BCUT2D eigenvalue weighted by Gasteiger charge is 2.35. The number of hydrogen-bond acceptors (Lipinski definition) is 4. The number of unbranched alkanes of at least 4 members (excludes halogenated alkanes) is 2. The first-order chi connectivity index (χ1) is 16.4. The molecule has 0 saturated carbocycles. The largest absolute Gasteiger partial charge is 0.444 e. The molecule has 7 nitrogen and oxygen atoms in total. The molecular weight excluding hydrogens is 442 g/mol. The summed E-state index contributed by atoms with van der Waals surface area (Å²) in [5, 5.41) is 5.78. The van der Waals surface area contributed by atoms with Gasteiger partial charge in [0.15, 0.2) is 0 Å². The molecule has 2 unspecified atom stereocenters. The van der Waals surface area contributed by atoms with Crippen LogP contribution in [0.1, 0.15) is 98.2 Å². The third kappa shape index (κ3) is 10.7. The van der Waals surface area contributed by atoms with Crippen molar-refractivity contribution in [2.75, 3.05) is 13.1 Å². The van der Waals surface area contributed by atoms with Gasteiger partial charge in [-0.1, -0.05) is 64.8 Å². The molecule has 1 aromatic carbocycles. The van der Waals surface area contributed by atoms with E-state index in [1.165, 1.54) is 0 Å². The average molecular weight is 490 g/mol. The van der Waals surface area contributed by atoms with Crippen LogP contribution in [0.5, 0.6) is 0 Å². The molecule has 0 aliphatic rings. The zero-order valence-electron chi connectivity index (χ0n) is 23.1. The Hall–Kier alpha value is -2.57. The molecule has 2 N–H and O–H groups in total. The Morgan fingerprint density at radius 3 is 2.11 bits per heavy atom. The quantitative estimate of drug-likeness (QED) is 0.364. The molecule has 0 aliphatic carbocycles. The summed E-state index contributed by atoms with van der Waals surface area (Å²) in [6.45, 7) is 16.3. The number of aryl methyl sites for hydroxylation is 1. The highest BCUT2D eigenvalue weighted by molar-refractivity contribution is 5.92. The second-order valence-electron chi connectivity index (χ2n) is 10.4. The molecule has 1 rings (SSSR count). The number of alkyl carbamates (subject to hydrolysis) is 1. The van der Waals surface area contributed by atoms with Gasteiger partial charge in [-0.15, -0.1) is 0 Å². The summed E-state index contributed by atoms with van der Waals surface area (Å²) in [6.07, 6.45) is 3.67. The van der Waals surface area contributed by atoms with Crippen molar-refractivity contribution in [3.05, 3.63) is 35.4 Å². The summed E-state index contributed by atoms with van der Waals surface area (Å²) in [5.74, 6) is -0.343. The van der Waals surface area contributed by atoms with E-state index in [4.69, 9.17) is 4.74 Å². The Bertz CT molecular complexity index is 799. The van der Waals surface area contributed by atoms with Crippen LogP contribution in [0, 0.1) is 5.92 Å². The van der Waals surface area contributed by atoms with Crippen molar-refractivity contribution in [3.63, 3.8) is 0 Å². The lowest BCUT2D eigenvalue weighted by Crippen LogP contribution is -2.53. The van der Waals surface area contributed by atoms with E-state index in [9.17, 15) is 14.4 Å². The highest BCUT2D eigenvalue weighted by atomic mass is 16.6. The van der Waals surface area contributed by atoms with Gasteiger partial charge in [0, 0.05) is 13.1 Å². The number of rotatable bonds is 13. The van der Waals surface area contributed by atoms with Crippen LogP contribution in [0.3, 0.4) is 0 Å². The minimum absolute atomic E-state index is 0.155. The van der Waals surface area contributed by atoms with E-state index in [1.54, 1.807) is 25.7 Å². The molecule has 0 aliphatic heterocycles. The van der Waals surface area contributed by atoms with E-state index in [0.717, 1.165) is 36.8 Å². The van der Waals surface area contributed by atoms with E-state index in [1.807, 2.05) is 45.0 Å². The summed E-state index contributed by atoms with van der Waals surface area (Å²) >= 11 is 0. The lowest BCUT2D eigenvalue weighted by atomic mass is 9.98. The molecule has 0 spiro atoms. The molecule has 198 valence electrons. The maximum atomic E-state index is 13.8. The average Bonchev–Trinajstić information content (AvgIpc) is 2.77. The minimum atomic E-state index is -0.796. The Morgan fingerprint density at radius 1 is 1.00 bits per heavy atom. The first-order valence-corrected chi connectivity index (χ1v) is 13.1. The second kappa shape index (κ2) is 14.7. The van der Waals surface area contributed by atoms with Crippen LogP contribution >= 0.6 is 0 Å². The maximum absolute atomic E-state index is 13.8. The van der Waals surface area contributed by atoms with Crippen LogP contribution in [0.25, 0.3) is 0 Å². The molecule has 1 aromatic rings. The molecule has 0 radical (unpaired) electrons. The first-order valence-electron chi connectivity index (χ1n) is 13.1. The topological polar surface area (TPSA) is 87.7 Å². The summed E-state index contributed by atoms with van der Waals surface area (Å²) in [7, 11) is 0. The molecule has 3 amide bonds. The second-order valence-corrected chi connectivity index (χ2v) is 10.4. The Balaban J connectivity index is 3.28. The number of ether oxygens (including phenoxy) is 1. The van der Waals surface area contributed by atoms with Gasteiger partial charge in [-0.05, 0) is 64.0 Å².